The number of unbranched alkanes of at least 4 members (excludes halogenated alkanes) is 41. The van der Waals surface area contributed by atoms with Gasteiger partial charge in [-0.3, -0.25) is 9.59 Å². The zero-order valence-electron chi connectivity index (χ0n) is 41.4. The Balaban J connectivity index is 3.44. The van der Waals surface area contributed by atoms with E-state index in [1.807, 2.05) is 0 Å². The summed E-state index contributed by atoms with van der Waals surface area (Å²) < 4.78 is 5.47. The standard InChI is InChI=1S/C55H109NO5/c1-3-5-7-9-11-13-15-17-19-21-23-25-27-31-35-39-43-47-53(58)52(51-57)56-54(59)48-44-40-36-32-29-30-34-38-42-46-50-61-55(60)49-45-41-37-33-28-26-24-22-20-18-16-14-12-10-8-6-4-2/h52-53,57-58H,3-51H2,1-2H3,(H,56,59). The lowest BCUT2D eigenvalue weighted by atomic mass is 10.0. The molecule has 61 heavy (non-hydrogen) atoms. The van der Waals surface area contributed by atoms with E-state index in [1.165, 1.54) is 225 Å². The van der Waals surface area contributed by atoms with Gasteiger partial charge >= 0.3 is 5.97 Å². The van der Waals surface area contributed by atoms with Crippen LogP contribution in [0.15, 0.2) is 0 Å². The van der Waals surface area contributed by atoms with Crippen LogP contribution in [0.1, 0.15) is 316 Å². The molecule has 0 aliphatic rings. The van der Waals surface area contributed by atoms with Crippen LogP contribution in [0.2, 0.25) is 0 Å². The average molecular weight is 864 g/mol. The second-order valence-electron chi connectivity index (χ2n) is 19.3. The van der Waals surface area contributed by atoms with Gasteiger partial charge in [-0.25, -0.2) is 0 Å². The Morgan fingerprint density at radius 1 is 0.393 bits per heavy atom. The van der Waals surface area contributed by atoms with Crippen LogP contribution in [0.25, 0.3) is 0 Å². The van der Waals surface area contributed by atoms with E-state index in [0.717, 1.165) is 57.8 Å². The van der Waals surface area contributed by atoms with Crippen molar-refractivity contribution in [3.05, 3.63) is 0 Å². The maximum absolute atomic E-state index is 12.5. The first-order chi connectivity index (χ1) is 30.0. The van der Waals surface area contributed by atoms with Gasteiger partial charge in [0.25, 0.3) is 0 Å². The first kappa shape index (κ1) is 59.9. The lowest BCUT2D eigenvalue weighted by Gasteiger charge is -2.22. The van der Waals surface area contributed by atoms with E-state index < -0.39 is 12.1 Å². The highest BCUT2D eigenvalue weighted by Gasteiger charge is 2.20. The van der Waals surface area contributed by atoms with E-state index in [9.17, 15) is 19.8 Å². The molecule has 0 rings (SSSR count). The Kier molecular flexibility index (Phi) is 50.5. The summed E-state index contributed by atoms with van der Waals surface area (Å²) in [6.07, 6.45) is 57.9. The number of rotatable bonds is 52. The summed E-state index contributed by atoms with van der Waals surface area (Å²) in [6.45, 7) is 4.93. The summed E-state index contributed by atoms with van der Waals surface area (Å²) in [4.78, 5) is 24.5. The van der Waals surface area contributed by atoms with Crippen molar-refractivity contribution in [1.82, 2.24) is 5.32 Å². The maximum atomic E-state index is 12.5. The van der Waals surface area contributed by atoms with Gasteiger partial charge in [-0.1, -0.05) is 277 Å². The summed E-state index contributed by atoms with van der Waals surface area (Å²) in [6, 6.07) is -0.556. The van der Waals surface area contributed by atoms with Gasteiger partial charge in [0, 0.05) is 12.8 Å². The fourth-order valence-electron chi connectivity index (χ4n) is 8.88. The molecule has 1 amide bonds. The predicted octanol–water partition coefficient (Wildman–Crippen LogP) is 16.7. The van der Waals surface area contributed by atoms with Gasteiger partial charge in [0.1, 0.15) is 0 Å². The summed E-state index contributed by atoms with van der Waals surface area (Å²) in [5.41, 5.74) is 0. The number of nitrogens with one attached hydrogen (secondary N) is 1. The molecular formula is C55H109NO5. The molecule has 0 saturated heterocycles. The Labute approximate surface area is 381 Å². The van der Waals surface area contributed by atoms with Gasteiger partial charge in [0.05, 0.1) is 25.4 Å². The number of carbonyl (C=O) groups excluding carboxylic acids is 2. The molecule has 0 saturated carbocycles. The predicted molar refractivity (Wildman–Crippen MR) is 264 cm³/mol. The zero-order valence-corrected chi connectivity index (χ0v) is 41.4. The zero-order chi connectivity index (χ0) is 44.4. The van der Waals surface area contributed by atoms with Gasteiger partial charge in [-0.2, -0.15) is 0 Å². The van der Waals surface area contributed by atoms with Crippen molar-refractivity contribution >= 4 is 11.9 Å². The van der Waals surface area contributed by atoms with Crippen LogP contribution in [-0.4, -0.2) is 47.4 Å². The van der Waals surface area contributed by atoms with Gasteiger partial charge in [-0.15, -0.1) is 0 Å². The fraction of sp³-hybridized carbons (Fsp3) is 0.964. The van der Waals surface area contributed by atoms with Crippen LogP contribution in [-0.2, 0) is 14.3 Å². The molecule has 0 aliphatic heterocycles. The number of aliphatic hydroxyl groups is 2. The first-order valence-electron chi connectivity index (χ1n) is 27.8. The van der Waals surface area contributed by atoms with Crippen LogP contribution in [0, 0.1) is 0 Å². The van der Waals surface area contributed by atoms with Crippen molar-refractivity contribution in [2.45, 2.75) is 328 Å². The summed E-state index contributed by atoms with van der Waals surface area (Å²) in [7, 11) is 0. The summed E-state index contributed by atoms with van der Waals surface area (Å²) in [5, 5.41) is 23.3. The molecule has 0 fully saturated rings. The molecule has 0 radical (unpaired) electrons. The molecule has 0 aliphatic carbocycles. The number of hydrogen-bond donors (Lipinski definition) is 3. The summed E-state index contributed by atoms with van der Waals surface area (Å²) in [5.74, 6) is -0.0678. The highest BCUT2D eigenvalue weighted by molar-refractivity contribution is 5.76. The van der Waals surface area contributed by atoms with E-state index in [1.54, 1.807) is 0 Å². The van der Waals surface area contributed by atoms with Gasteiger partial charge < -0.3 is 20.3 Å². The lowest BCUT2D eigenvalue weighted by molar-refractivity contribution is -0.143. The monoisotopic (exact) mass is 864 g/mol. The lowest BCUT2D eigenvalue weighted by Crippen LogP contribution is -2.45. The molecule has 6 heteroatoms. The largest absolute Gasteiger partial charge is 0.466 e. The first-order valence-corrected chi connectivity index (χ1v) is 27.8. The van der Waals surface area contributed by atoms with Crippen molar-refractivity contribution in [1.29, 1.82) is 0 Å². The maximum Gasteiger partial charge on any atom is 0.305 e. The number of ether oxygens (including phenoxy) is 1. The number of carbonyl (C=O) groups is 2. The molecule has 0 bridgehead atoms. The van der Waals surface area contributed by atoms with Crippen LogP contribution in [0.5, 0.6) is 0 Å². The van der Waals surface area contributed by atoms with Crippen molar-refractivity contribution in [2.24, 2.45) is 0 Å². The van der Waals surface area contributed by atoms with E-state index in [4.69, 9.17) is 4.74 Å². The Bertz CT molecular complexity index is 867. The topological polar surface area (TPSA) is 95.9 Å². The molecule has 0 aromatic carbocycles. The second-order valence-corrected chi connectivity index (χ2v) is 19.3. The number of esters is 1. The minimum absolute atomic E-state index is 0.0138. The quantitative estimate of drug-likeness (QED) is 0.0418. The fourth-order valence-corrected chi connectivity index (χ4v) is 8.88. The Hall–Kier alpha value is -1.14. The van der Waals surface area contributed by atoms with E-state index in [-0.39, 0.29) is 18.5 Å². The van der Waals surface area contributed by atoms with Gasteiger partial charge in [-0.05, 0) is 25.7 Å². The molecule has 6 nitrogen and oxygen atoms in total. The van der Waals surface area contributed by atoms with Crippen LogP contribution < -0.4 is 5.32 Å². The third-order valence-corrected chi connectivity index (χ3v) is 13.2. The van der Waals surface area contributed by atoms with E-state index >= 15 is 0 Å². The number of hydrogen-bond acceptors (Lipinski definition) is 5. The number of aliphatic hydroxyl groups excluding tert-OH is 2. The van der Waals surface area contributed by atoms with Crippen molar-refractivity contribution in [3.63, 3.8) is 0 Å². The molecular weight excluding hydrogens is 755 g/mol. The Morgan fingerprint density at radius 2 is 0.672 bits per heavy atom. The molecule has 0 aromatic heterocycles. The molecule has 2 atom stereocenters. The average Bonchev–Trinajstić information content (AvgIpc) is 3.26. The van der Waals surface area contributed by atoms with Crippen LogP contribution >= 0.6 is 0 Å². The van der Waals surface area contributed by atoms with Crippen molar-refractivity contribution < 1.29 is 24.5 Å². The highest BCUT2D eigenvalue weighted by atomic mass is 16.5. The second kappa shape index (κ2) is 51.5. The van der Waals surface area contributed by atoms with Crippen LogP contribution in [0.3, 0.4) is 0 Å². The summed E-state index contributed by atoms with van der Waals surface area (Å²) >= 11 is 0. The molecule has 3 N–H and O–H groups in total. The molecule has 0 aromatic rings. The minimum Gasteiger partial charge on any atom is -0.466 e. The number of amides is 1. The van der Waals surface area contributed by atoms with Crippen molar-refractivity contribution in [3.8, 4) is 0 Å². The Morgan fingerprint density at radius 3 is 1.00 bits per heavy atom. The highest BCUT2D eigenvalue weighted by Crippen LogP contribution is 2.18. The third-order valence-electron chi connectivity index (χ3n) is 13.2. The van der Waals surface area contributed by atoms with Crippen LogP contribution in [0.4, 0.5) is 0 Å². The molecule has 0 spiro atoms. The molecule has 0 heterocycles. The van der Waals surface area contributed by atoms with E-state index in [2.05, 4.69) is 19.2 Å². The SMILES string of the molecule is CCCCCCCCCCCCCCCCCCCC(=O)OCCCCCCCCCCCCC(=O)NC(CO)C(O)CCCCCCCCCCCCCCCCCCC. The molecule has 2 unspecified atom stereocenters. The molecule has 364 valence electrons. The van der Waals surface area contributed by atoms with Gasteiger partial charge in [0.2, 0.25) is 5.91 Å². The van der Waals surface area contributed by atoms with Crippen molar-refractivity contribution in [2.75, 3.05) is 13.2 Å². The van der Waals surface area contributed by atoms with Gasteiger partial charge in [0.15, 0.2) is 0 Å². The van der Waals surface area contributed by atoms with E-state index in [0.29, 0.717) is 25.9 Å². The third kappa shape index (κ3) is 48.2. The smallest absolute Gasteiger partial charge is 0.305 e. The normalized spacial score (nSPS) is 12.5. The minimum atomic E-state index is -0.677.